The SMILES string of the molecule is CC(C)(c1ccn(-c2ccccc2)n1)N1CCN(C[C@@H]2C[C@@H](Cc3cccnc3)C(=O)O2)[C@H](C(=O)NCC(F)(F)F)C1. The standard InChI is InChI=1S/C30H35F3N6O3/c1-29(2,26-10-12-39(36-26)23-8-4-3-5-9-23)38-14-13-37(25(19-38)27(40)35-20-30(31,32)33)18-24-16-22(28(41)42-24)15-21-7-6-11-34-17-21/h3-12,17,22,24-25H,13-16,18-20H2,1-2H3,(H,35,40)/t22-,24+,25+/m1/s1. The largest absolute Gasteiger partial charge is 0.461 e. The molecule has 12 heteroatoms. The minimum Gasteiger partial charge on any atom is -0.461 e. The van der Waals surface area contributed by atoms with Crippen molar-refractivity contribution < 1.29 is 27.5 Å². The molecule has 1 aromatic carbocycles. The quantitative estimate of drug-likeness (QED) is 0.386. The van der Waals surface area contributed by atoms with Gasteiger partial charge in [-0.15, -0.1) is 0 Å². The minimum absolute atomic E-state index is 0.189. The lowest BCUT2D eigenvalue weighted by Gasteiger charge is -2.47. The lowest BCUT2D eigenvalue weighted by atomic mass is 9.94. The first kappa shape index (κ1) is 29.7. The molecule has 224 valence electrons. The lowest BCUT2D eigenvalue weighted by Crippen LogP contribution is -2.63. The highest BCUT2D eigenvalue weighted by Crippen LogP contribution is 2.31. The summed E-state index contributed by atoms with van der Waals surface area (Å²) >= 11 is 0. The molecule has 3 atom stereocenters. The third-order valence-corrected chi connectivity index (χ3v) is 8.09. The summed E-state index contributed by atoms with van der Waals surface area (Å²) in [6.45, 7) is 3.99. The van der Waals surface area contributed by atoms with Crippen LogP contribution in [0.1, 0.15) is 31.5 Å². The van der Waals surface area contributed by atoms with Crippen LogP contribution in [0, 0.1) is 5.92 Å². The number of benzene rings is 1. The number of aromatic nitrogens is 3. The molecule has 0 saturated carbocycles. The van der Waals surface area contributed by atoms with E-state index >= 15 is 0 Å². The van der Waals surface area contributed by atoms with E-state index in [1.807, 2.05) is 73.5 Å². The van der Waals surface area contributed by atoms with Crippen LogP contribution in [0.25, 0.3) is 5.69 Å². The van der Waals surface area contributed by atoms with Gasteiger partial charge in [0.25, 0.3) is 0 Å². The third-order valence-electron chi connectivity index (χ3n) is 8.09. The number of ether oxygens (including phenoxy) is 1. The number of pyridine rings is 1. The monoisotopic (exact) mass is 584 g/mol. The van der Waals surface area contributed by atoms with Gasteiger partial charge in [0.2, 0.25) is 5.91 Å². The third kappa shape index (κ3) is 6.99. The molecular formula is C30H35F3N6O3. The van der Waals surface area contributed by atoms with E-state index in [1.165, 1.54) is 0 Å². The maximum Gasteiger partial charge on any atom is 0.405 e. The molecule has 3 aromatic rings. The first-order chi connectivity index (χ1) is 20.0. The van der Waals surface area contributed by atoms with Crippen LogP contribution >= 0.6 is 0 Å². The maximum absolute atomic E-state index is 13.2. The highest BCUT2D eigenvalue weighted by molar-refractivity contribution is 5.82. The molecule has 42 heavy (non-hydrogen) atoms. The Morgan fingerprint density at radius 2 is 1.88 bits per heavy atom. The maximum atomic E-state index is 13.2. The molecule has 1 N–H and O–H groups in total. The number of carbonyl (C=O) groups is 2. The topological polar surface area (TPSA) is 92.6 Å². The molecule has 2 aliphatic heterocycles. The van der Waals surface area contributed by atoms with Gasteiger partial charge in [-0.05, 0) is 56.5 Å². The van der Waals surface area contributed by atoms with Gasteiger partial charge in [0.15, 0.2) is 0 Å². The number of alkyl halides is 3. The average molecular weight is 585 g/mol. The van der Waals surface area contributed by atoms with Crippen LogP contribution in [0.3, 0.4) is 0 Å². The van der Waals surface area contributed by atoms with Crippen molar-refractivity contribution in [1.29, 1.82) is 0 Å². The Hall–Kier alpha value is -3.77. The van der Waals surface area contributed by atoms with Gasteiger partial charge >= 0.3 is 12.1 Å². The van der Waals surface area contributed by atoms with Crippen molar-refractivity contribution >= 4 is 11.9 Å². The van der Waals surface area contributed by atoms with E-state index in [0.29, 0.717) is 25.9 Å². The van der Waals surface area contributed by atoms with E-state index in [2.05, 4.69) is 15.2 Å². The second-order valence-electron chi connectivity index (χ2n) is 11.4. The van der Waals surface area contributed by atoms with Gasteiger partial charge in [-0.1, -0.05) is 24.3 Å². The Balaban J connectivity index is 1.29. The Kier molecular flexibility index (Phi) is 8.65. The fourth-order valence-electron chi connectivity index (χ4n) is 5.70. The predicted molar refractivity (Wildman–Crippen MR) is 149 cm³/mol. The molecule has 2 aromatic heterocycles. The Morgan fingerprint density at radius 3 is 2.60 bits per heavy atom. The molecular weight excluding hydrogens is 549 g/mol. The van der Waals surface area contributed by atoms with Gasteiger partial charge < -0.3 is 10.1 Å². The molecule has 0 aliphatic carbocycles. The summed E-state index contributed by atoms with van der Waals surface area (Å²) in [5.74, 6) is -1.36. The molecule has 9 nitrogen and oxygen atoms in total. The van der Waals surface area contributed by atoms with E-state index < -0.39 is 36.3 Å². The number of hydrogen-bond acceptors (Lipinski definition) is 7. The number of cyclic esters (lactones) is 1. The van der Waals surface area contributed by atoms with Gasteiger partial charge in [-0.3, -0.25) is 24.4 Å². The highest BCUT2D eigenvalue weighted by Gasteiger charge is 2.43. The number of carbonyl (C=O) groups excluding carboxylic acids is 2. The first-order valence-electron chi connectivity index (χ1n) is 14.0. The zero-order chi connectivity index (χ0) is 29.9. The number of esters is 1. The summed E-state index contributed by atoms with van der Waals surface area (Å²) in [6, 6.07) is 14.4. The predicted octanol–water partition coefficient (Wildman–Crippen LogP) is 3.34. The second kappa shape index (κ2) is 12.2. The zero-order valence-electron chi connectivity index (χ0n) is 23.6. The molecule has 2 fully saturated rings. The first-order valence-corrected chi connectivity index (χ1v) is 14.0. The number of rotatable bonds is 9. The summed E-state index contributed by atoms with van der Waals surface area (Å²) in [4.78, 5) is 33.8. The summed E-state index contributed by atoms with van der Waals surface area (Å²) in [5.41, 5.74) is 2.00. The van der Waals surface area contributed by atoms with Crippen LogP contribution in [0.5, 0.6) is 0 Å². The molecule has 2 saturated heterocycles. The molecule has 0 spiro atoms. The zero-order valence-corrected chi connectivity index (χ0v) is 23.6. The highest BCUT2D eigenvalue weighted by atomic mass is 19.4. The van der Waals surface area contributed by atoms with Gasteiger partial charge in [-0.2, -0.15) is 18.3 Å². The van der Waals surface area contributed by atoms with Crippen LogP contribution in [-0.2, 0) is 26.3 Å². The van der Waals surface area contributed by atoms with Crippen LogP contribution < -0.4 is 5.32 Å². The van der Waals surface area contributed by atoms with Crippen molar-refractivity contribution in [2.75, 3.05) is 32.7 Å². The van der Waals surface area contributed by atoms with Crippen molar-refractivity contribution in [2.24, 2.45) is 5.92 Å². The normalized spacial score (nSPS) is 22.2. The van der Waals surface area contributed by atoms with Crippen LogP contribution in [0.4, 0.5) is 13.2 Å². The Morgan fingerprint density at radius 1 is 1.10 bits per heavy atom. The summed E-state index contributed by atoms with van der Waals surface area (Å²) in [7, 11) is 0. The van der Waals surface area contributed by atoms with Gasteiger partial charge in [-0.25, -0.2) is 4.68 Å². The second-order valence-corrected chi connectivity index (χ2v) is 11.4. The number of nitrogens with zero attached hydrogens (tertiary/aromatic N) is 5. The van der Waals surface area contributed by atoms with Gasteiger partial charge in [0.05, 0.1) is 22.8 Å². The number of amides is 1. The van der Waals surface area contributed by atoms with Crippen molar-refractivity contribution in [3.63, 3.8) is 0 Å². The molecule has 5 rings (SSSR count). The molecule has 0 radical (unpaired) electrons. The summed E-state index contributed by atoms with van der Waals surface area (Å²) in [6.07, 6.45) is 1.22. The average Bonchev–Trinajstić information content (AvgIpc) is 3.60. The van der Waals surface area contributed by atoms with E-state index in [1.54, 1.807) is 17.1 Å². The molecule has 4 heterocycles. The number of halogens is 3. The minimum atomic E-state index is -4.53. The fourth-order valence-corrected chi connectivity index (χ4v) is 5.70. The Bertz CT molecular complexity index is 1370. The van der Waals surface area contributed by atoms with E-state index in [0.717, 1.165) is 16.9 Å². The lowest BCUT2D eigenvalue weighted by molar-refractivity contribution is -0.148. The number of nitrogens with one attached hydrogen (secondary N) is 1. The fraction of sp³-hybridized carbons (Fsp3) is 0.467. The summed E-state index contributed by atoms with van der Waals surface area (Å²) in [5, 5.41) is 6.84. The molecule has 2 aliphatic rings. The summed E-state index contributed by atoms with van der Waals surface area (Å²) < 4.78 is 46.4. The van der Waals surface area contributed by atoms with E-state index in [-0.39, 0.29) is 25.0 Å². The van der Waals surface area contributed by atoms with Crippen molar-refractivity contribution in [1.82, 2.24) is 29.9 Å². The van der Waals surface area contributed by atoms with E-state index in [9.17, 15) is 22.8 Å². The van der Waals surface area contributed by atoms with Crippen molar-refractivity contribution in [2.45, 2.75) is 50.6 Å². The number of hydrogen-bond donors (Lipinski definition) is 1. The van der Waals surface area contributed by atoms with Crippen LogP contribution in [-0.4, -0.2) is 87.5 Å². The van der Waals surface area contributed by atoms with Crippen molar-refractivity contribution in [3.05, 3.63) is 78.4 Å². The number of para-hydroxylation sites is 1. The van der Waals surface area contributed by atoms with Crippen molar-refractivity contribution in [3.8, 4) is 5.69 Å². The molecule has 0 unspecified atom stereocenters. The van der Waals surface area contributed by atoms with Gasteiger partial charge in [0, 0.05) is 44.8 Å². The van der Waals surface area contributed by atoms with Crippen LogP contribution in [0.2, 0.25) is 0 Å². The van der Waals surface area contributed by atoms with E-state index in [4.69, 9.17) is 9.84 Å². The number of piperazine rings is 1. The smallest absolute Gasteiger partial charge is 0.405 e. The molecule has 0 bridgehead atoms. The van der Waals surface area contributed by atoms with Crippen LogP contribution in [0.15, 0.2) is 67.1 Å². The van der Waals surface area contributed by atoms with Gasteiger partial charge in [0.1, 0.15) is 18.7 Å². The Labute approximate surface area is 242 Å². The molecule has 1 amide bonds.